The van der Waals surface area contributed by atoms with Crippen LogP contribution in [0.5, 0.6) is 0 Å². The summed E-state index contributed by atoms with van der Waals surface area (Å²) in [5.74, 6) is -1.75. The van der Waals surface area contributed by atoms with Crippen LogP contribution in [0.1, 0.15) is 45.4 Å². The van der Waals surface area contributed by atoms with Crippen molar-refractivity contribution in [3.8, 4) is 0 Å². The number of carbonyl (C=O) groups is 3. The first-order valence-corrected chi connectivity index (χ1v) is 7.27. The Labute approximate surface area is 123 Å². The van der Waals surface area contributed by atoms with Gasteiger partial charge in [0.1, 0.15) is 11.3 Å². The molecule has 0 spiro atoms. The van der Waals surface area contributed by atoms with E-state index in [1.165, 1.54) is 7.05 Å². The highest BCUT2D eigenvalue weighted by molar-refractivity contribution is 6.40. The SMILES string of the molecule is CC1CCCCC1(NC(=O)C1=NN(C)C(=O)CC1)C(=O)O. The van der Waals surface area contributed by atoms with Crippen LogP contribution in [0, 0.1) is 5.92 Å². The molecule has 2 aliphatic rings. The fourth-order valence-corrected chi connectivity index (χ4v) is 3.01. The summed E-state index contributed by atoms with van der Waals surface area (Å²) in [6, 6.07) is 0. The van der Waals surface area contributed by atoms with Gasteiger partial charge in [-0.1, -0.05) is 19.8 Å². The number of aliphatic carboxylic acids is 1. The Balaban J connectivity index is 2.18. The lowest BCUT2D eigenvalue weighted by molar-refractivity contribution is -0.151. The van der Waals surface area contributed by atoms with Crippen LogP contribution in [-0.4, -0.2) is 46.2 Å². The second kappa shape index (κ2) is 5.83. The van der Waals surface area contributed by atoms with Crippen molar-refractivity contribution < 1.29 is 19.5 Å². The van der Waals surface area contributed by atoms with Crippen LogP contribution in [0.15, 0.2) is 5.10 Å². The Morgan fingerprint density at radius 2 is 2.10 bits per heavy atom. The van der Waals surface area contributed by atoms with Gasteiger partial charge in [-0.15, -0.1) is 0 Å². The maximum absolute atomic E-state index is 12.3. The van der Waals surface area contributed by atoms with Gasteiger partial charge in [0.25, 0.3) is 5.91 Å². The minimum atomic E-state index is -1.22. The highest BCUT2D eigenvalue weighted by atomic mass is 16.4. The molecule has 7 heteroatoms. The molecule has 2 N–H and O–H groups in total. The predicted octanol–water partition coefficient (Wildman–Crippen LogP) is 0.744. The standard InChI is InChI=1S/C14H21N3O4/c1-9-5-3-4-8-14(9,13(20)21)15-12(19)10-6-7-11(18)17(2)16-10/h9H,3-8H2,1-2H3,(H,15,19)(H,20,21). The highest BCUT2D eigenvalue weighted by Gasteiger charge is 2.47. The number of hydrogen-bond donors (Lipinski definition) is 2. The van der Waals surface area contributed by atoms with Crippen LogP contribution >= 0.6 is 0 Å². The Kier molecular flexibility index (Phi) is 4.29. The zero-order valence-electron chi connectivity index (χ0n) is 12.4. The van der Waals surface area contributed by atoms with Gasteiger partial charge in [-0.2, -0.15) is 5.10 Å². The first-order valence-electron chi connectivity index (χ1n) is 7.27. The summed E-state index contributed by atoms with van der Waals surface area (Å²) >= 11 is 0. The van der Waals surface area contributed by atoms with E-state index in [2.05, 4.69) is 10.4 Å². The average molecular weight is 295 g/mol. The van der Waals surface area contributed by atoms with Crippen molar-refractivity contribution >= 4 is 23.5 Å². The van der Waals surface area contributed by atoms with Crippen molar-refractivity contribution in [1.29, 1.82) is 0 Å². The van der Waals surface area contributed by atoms with Crippen LogP contribution in [-0.2, 0) is 14.4 Å². The molecule has 2 unspecified atom stereocenters. The Hall–Kier alpha value is -1.92. The first kappa shape index (κ1) is 15.5. The van der Waals surface area contributed by atoms with Gasteiger partial charge in [0.15, 0.2) is 0 Å². The average Bonchev–Trinajstić information content (AvgIpc) is 2.44. The Morgan fingerprint density at radius 3 is 2.67 bits per heavy atom. The number of carboxylic acids is 1. The number of carboxylic acid groups (broad SMARTS) is 1. The minimum absolute atomic E-state index is 0.128. The molecule has 7 nitrogen and oxygen atoms in total. The highest BCUT2D eigenvalue weighted by Crippen LogP contribution is 2.34. The van der Waals surface area contributed by atoms with E-state index in [1.807, 2.05) is 6.92 Å². The summed E-state index contributed by atoms with van der Waals surface area (Å²) in [7, 11) is 1.49. The number of hydrogen-bond acceptors (Lipinski definition) is 4. The number of nitrogens with zero attached hydrogens (tertiary/aromatic N) is 2. The van der Waals surface area contributed by atoms with E-state index in [9.17, 15) is 19.5 Å². The second-order valence-electron chi connectivity index (χ2n) is 5.84. The van der Waals surface area contributed by atoms with Crippen molar-refractivity contribution in [1.82, 2.24) is 10.3 Å². The largest absolute Gasteiger partial charge is 0.479 e. The van der Waals surface area contributed by atoms with Gasteiger partial charge in [-0.3, -0.25) is 9.59 Å². The van der Waals surface area contributed by atoms with Gasteiger partial charge >= 0.3 is 5.97 Å². The molecule has 1 saturated carbocycles. The third-order valence-corrected chi connectivity index (χ3v) is 4.49. The van der Waals surface area contributed by atoms with Gasteiger partial charge in [0.2, 0.25) is 5.91 Å². The van der Waals surface area contributed by atoms with E-state index in [0.717, 1.165) is 24.3 Å². The third kappa shape index (κ3) is 2.91. The number of carbonyl (C=O) groups excluding carboxylic acids is 2. The number of nitrogens with one attached hydrogen (secondary N) is 1. The summed E-state index contributed by atoms with van der Waals surface area (Å²) in [4.78, 5) is 35.4. The Bertz CT molecular complexity index is 502. The summed E-state index contributed by atoms with van der Waals surface area (Å²) in [5.41, 5.74) is -1.01. The molecule has 1 fully saturated rings. The van der Waals surface area contributed by atoms with Crippen molar-refractivity contribution in [2.24, 2.45) is 11.0 Å². The molecule has 0 aromatic heterocycles. The topological polar surface area (TPSA) is 99.1 Å². The molecule has 116 valence electrons. The number of rotatable bonds is 3. The van der Waals surface area contributed by atoms with Crippen molar-refractivity contribution in [2.45, 2.75) is 51.0 Å². The first-order chi connectivity index (χ1) is 9.86. The van der Waals surface area contributed by atoms with Gasteiger partial charge in [-0.05, 0) is 18.8 Å². The van der Waals surface area contributed by atoms with Crippen LogP contribution in [0.2, 0.25) is 0 Å². The molecule has 2 amide bonds. The normalized spacial score (nSPS) is 29.8. The van der Waals surface area contributed by atoms with E-state index in [0.29, 0.717) is 6.42 Å². The summed E-state index contributed by atoms with van der Waals surface area (Å²) in [6.45, 7) is 1.85. The zero-order chi connectivity index (χ0) is 15.6. The molecule has 2 atom stereocenters. The summed E-state index contributed by atoms with van der Waals surface area (Å²) < 4.78 is 0. The number of hydrazone groups is 1. The van der Waals surface area contributed by atoms with Crippen molar-refractivity contribution in [3.63, 3.8) is 0 Å². The molecule has 0 saturated heterocycles. The van der Waals surface area contributed by atoms with Gasteiger partial charge < -0.3 is 10.4 Å². The monoisotopic (exact) mass is 295 g/mol. The molecule has 21 heavy (non-hydrogen) atoms. The van der Waals surface area contributed by atoms with Crippen LogP contribution < -0.4 is 5.32 Å². The van der Waals surface area contributed by atoms with Crippen molar-refractivity contribution in [3.05, 3.63) is 0 Å². The van der Waals surface area contributed by atoms with Crippen LogP contribution in [0.25, 0.3) is 0 Å². The van der Waals surface area contributed by atoms with Gasteiger partial charge in [0.05, 0.1) is 0 Å². The molecule has 0 aromatic carbocycles. The summed E-state index contributed by atoms with van der Waals surface area (Å²) in [5, 5.41) is 17.3. The maximum Gasteiger partial charge on any atom is 0.329 e. The third-order valence-electron chi connectivity index (χ3n) is 4.49. The lowest BCUT2D eigenvalue weighted by Gasteiger charge is -2.39. The maximum atomic E-state index is 12.3. The van der Waals surface area contributed by atoms with Crippen LogP contribution in [0.4, 0.5) is 0 Å². The van der Waals surface area contributed by atoms with Gasteiger partial charge in [-0.25, -0.2) is 9.80 Å². The predicted molar refractivity (Wildman–Crippen MR) is 75.6 cm³/mol. The molecule has 1 aliphatic heterocycles. The zero-order valence-corrected chi connectivity index (χ0v) is 12.4. The fourth-order valence-electron chi connectivity index (χ4n) is 3.01. The lowest BCUT2D eigenvalue weighted by atomic mass is 9.73. The van der Waals surface area contributed by atoms with E-state index >= 15 is 0 Å². The smallest absolute Gasteiger partial charge is 0.329 e. The lowest BCUT2D eigenvalue weighted by Crippen LogP contribution is -2.61. The Morgan fingerprint density at radius 1 is 1.38 bits per heavy atom. The quantitative estimate of drug-likeness (QED) is 0.802. The van der Waals surface area contributed by atoms with E-state index < -0.39 is 17.4 Å². The molecular formula is C14H21N3O4. The fraction of sp³-hybridized carbons (Fsp3) is 0.714. The number of amides is 2. The van der Waals surface area contributed by atoms with Crippen LogP contribution in [0.3, 0.4) is 0 Å². The minimum Gasteiger partial charge on any atom is -0.479 e. The molecule has 2 rings (SSSR count). The van der Waals surface area contributed by atoms with E-state index in [4.69, 9.17) is 0 Å². The molecule has 0 aromatic rings. The van der Waals surface area contributed by atoms with Crippen molar-refractivity contribution in [2.75, 3.05) is 7.05 Å². The molecular weight excluding hydrogens is 274 g/mol. The van der Waals surface area contributed by atoms with Gasteiger partial charge in [0, 0.05) is 19.9 Å². The molecule has 1 heterocycles. The molecule has 0 radical (unpaired) electrons. The second-order valence-corrected chi connectivity index (χ2v) is 5.84. The molecule has 1 aliphatic carbocycles. The van der Waals surface area contributed by atoms with E-state index in [1.54, 1.807) is 0 Å². The van der Waals surface area contributed by atoms with E-state index in [-0.39, 0.29) is 30.4 Å². The molecule has 0 bridgehead atoms. The summed E-state index contributed by atoms with van der Waals surface area (Å²) in [6.07, 6.45) is 3.43.